The molecule has 33 heavy (non-hydrogen) atoms. The summed E-state index contributed by atoms with van der Waals surface area (Å²) >= 11 is 0. The second-order valence-electron chi connectivity index (χ2n) is 9.10. The van der Waals surface area contributed by atoms with Crippen molar-refractivity contribution in [3.05, 3.63) is 29.8 Å². The molecule has 2 atom stereocenters. The Morgan fingerprint density at radius 1 is 1.12 bits per heavy atom. The van der Waals surface area contributed by atoms with Crippen LogP contribution in [0.2, 0.25) is 0 Å². The number of ether oxygens (including phenoxy) is 1. The molecule has 1 aliphatic carbocycles. The molecule has 9 heteroatoms. The topological polar surface area (TPSA) is 108 Å². The first-order valence-electron chi connectivity index (χ1n) is 11.8. The van der Waals surface area contributed by atoms with E-state index in [4.69, 9.17) is 4.74 Å². The number of fused-ring (bicyclic) bond motifs is 2. The zero-order chi connectivity index (χ0) is 23.4. The third-order valence-corrected chi connectivity index (χ3v) is 6.58. The number of hydrogen-bond acceptors (Lipinski definition) is 5. The Morgan fingerprint density at radius 2 is 1.91 bits per heavy atom. The summed E-state index contributed by atoms with van der Waals surface area (Å²) in [6.07, 6.45) is 3.83. The fourth-order valence-corrected chi connectivity index (χ4v) is 4.37. The molecule has 0 bridgehead atoms. The lowest BCUT2D eigenvalue weighted by Crippen LogP contribution is -2.49. The number of hydrogen-bond donors (Lipinski definition) is 2. The molecule has 4 amide bonds. The van der Waals surface area contributed by atoms with E-state index in [2.05, 4.69) is 10.6 Å². The van der Waals surface area contributed by atoms with Crippen LogP contribution in [0.4, 0.5) is 0 Å². The molecule has 2 aliphatic heterocycles. The van der Waals surface area contributed by atoms with Crippen molar-refractivity contribution in [2.45, 2.75) is 50.6 Å². The van der Waals surface area contributed by atoms with Crippen molar-refractivity contribution in [2.24, 2.45) is 5.92 Å². The largest absolute Gasteiger partial charge is 0.491 e. The average Bonchev–Trinajstić information content (AvgIpc) is 3.52. The van der Waals surface area contributed by atoms with Crippen LogP contribution in [0.15, 0.2) is 24.3 Å². The van der Waals surface area contributed by atoms with E-state index < -0.39 is 18.0 Å². The monoisotopic (exact) mass is 456 g/mol. The van der Waals surface area contributed by atoms with Gasteiger partial charge in [0.15, 0.2) is 0 Å². The van der Waals surface area contributed by atoms with Gasteiger partial charge in [-0.1, -0.05) is 12.1 Å². The number of amides is 4. The summed E-state index contributed by atoms with van der Waals surface area (Å²) in [5.74, 6) is -0.111. The molecule has 1 saturated carbocycles. The first-order valence-corrected chi connectivity index (χ1v) is 11.8. The van der Waals surface area contributed by atoms with Crippen LogP contribution in [0.25, 0.3) is 0 Å². The summed E-state index contributed by atoms with van der Waals surface area (Å²) < 4.78 is 5.83. The van der Waals surface area contributed by atoms with E-state index in [9.17, 15) is 19.2 Å². The van der Waals surface area contributed by atoms with Crippen molar-refractivity contribution in [3.8, 4) is 5.75 Å². The molecule has 1 aromatic carbocycles. The molecule has 4 rings (SSSR count). The summed E-state index contributed by atoms with van der Waals surface area (Å²) in [7, 11) is 1.70. The third kappa shape index (κ3) is 5.64. The molecule has 9 nitrogen and oxygen atoms in total. The fourth-order valence-electron chi connectivity index (χ4n) is 4.37. The lowest BCUT2D eigenvalue weighted by molar-refractivity contribution is -0.143. The quantitative estimate of drug-likeness (QED) is 0.704. The van der Waals surface area contributed by atoms with Crippen LogP contribution >= 0.6 is 0 Å². The smallest absolute Gasteiger partial charge is 0.255 e. The number of para-hydroxylation sites is 1. The molecule has 0 spiro atoms. The van der Waals surface area contributed by atoms with Crippen LogP contribution in [0.1, 0.15) is 48.9 Å². The summed E-state index contributed by atoms with van der Waals surface area (Å²) in [5.41, 5.74) is 0.313. The predicted molar refractivity (Wildman–Crippen MR) is 121 cm³/mol. The lowest BCUT2D eigenvalue weighted by Gasteiger charge is -2.28. The van der Waals surface area contributed by atoms with Crippen molar-refractivity contribution in [1.29, 1.82) is 0 Å². The van der Waals surface area contributed by atoms with Crippen molar-refractivity contribution in [1.82, 2.24) is 20.4 Å². The minimum atomic E-state index is -0.849. The van der Waals surface area contributed by atoms with Crippen molar-refractivity contribution in [3.63, 3.8) is 0 Å². The van der Waals surface area contributed by atoms with Gasteiger partial charge in [-0.3, -0.25) is 19.2 Å². The molecule has 3 aliphatic rings. The van der Waals surface area contributed by atoms with Gasteiger partial charge in [0.2, 0.25) is 17.7 Å². The third-order valence-electron chi connectivity index (χ3n) is 6.58. The number of likely N-dealkylation sites (N-methyl/N-ethyl adjacent to an activating group) is 1. The number of rotatable bonds is 3. The molecular weight excluding hydrogens is 424 g/mol. The summed E-state index contributed by atoms with van der Waals surface area (Å²) in [5, 5.41) is 5.71. The van der Waals surface area contributed by atoms with E-state index in [0.717, 1.165) is 19.3 Å². The maximum atomic E-state index is 13.1. The van der Waals surface area contributed by atoms with Gasteiger partial charge in [0.1, 0.15) is 24.4 Å². The minimum absolute atomic E-state index is 0.0768. The Bertz CT molecular complexity index is 916. The SMILES string of the molecule is CN1CCOc2ccccc2C(=O)N[C@H](C(=O)NCC2CC2)CCC(=O)N2CCC[C@@H]2C1=O. The average molecular weight is 457 g/mol. The maximum Gasteiger partial charge on any atom is 0.255 e. The van der Waals surface area contributed by atoms with Crippen LogP contribution in [0, 0.1) is 5.92 Å². The number of carbonyl (C=O) groups excluding carboxylic acids is 4. The Labute approximate surface area is 193 Å². The van der Waals surface area contributed by atoms with Crippen molar-refractivity contribution < 1.29 is 23.9 Å². The summed E-state index contributed by atoms with van der Waals surface area (Å²) in [4.78, 5) is 55.1. The molecule has 1 aromatic rings. The van der Waals surface area contributed by atoms with Gasteiger partial charge < -0.3 is 25.2 Å². The van der Waals surface area contributed by atoms with Crippen LogP contribution in [0.5, 0.6) is 5.75 Å². The Hall–Kier alpha value is -3.10. The van der Waals surface area contributed by atoms with Gasteiger partial charge in [-0.2, -0.15) is 0 Å². The van der Waals surface area contributed by atoms with Crippen LogP contribution in [-0.4, -0.2) is 78.8 Å². The molecule has 2 fully saturated rings. The number of benzene rings is 1. The van der Waals surface area contributed by atoms with Gasteiger partial charge >= 0.3 is 0 Å². The molecule has 2 heterocycles. The fraction of sp³-hybridized carbons (Fsp3) is 0.583. The molecule has 1 saturated heterocycles. The highest BCUT2D eigenvalue weighted by atomic mass is 16.5. The standard InChI is InChI=1S/C24H32N4O5/c1-27-13-14-33-20-7-3-2-5-17(20)22(30)26-18(23(31)25-15-16-8-9-16)10-11-21(29)28-12-4-6-19(28)24(27)32/h2-3,5,7,16,18-19H,4,6,8-15H2,1H3,(H,25,31)(H,26,30)/t18-,19+/m0/s1. The molecule has 0 aromatic heterocycles. The van der Waals surface area contributed by atoms with Gasteiger partial charge in [-0.05, 0) is 50.2 Å². The highest BCUT2D eigenvalue weighted by Crippen LogP contribution is 2.27. The lowest BCUT2D eigenvalue weighted by atomic mass is 10.1. The van der Waals surface area contributed by atoms with E-state index in [1.807, 2.05) is 0 Å². The molecule has 0 radical (unpaired) electrons. The number of carbonyl (C=O) groups is 4. The van der Waals surface area contributed by atoms with E-state index in [0.29, 0.717) is 43.3 Å². The first kappa shape index (κ1) is 23.1. The van der Waals surface area contributed by atoms with Crippen molar-refractivity contribution in [2.75, 3.05) is 33.3 Å². The van der Waals surface area contributed by atoms with Crippen LogP contribution in [0.3, 0.4) is 0 Å². The summed E-state index contributed by atoms with van der Waals surface area (Å²) in [6.45, 7) is 1.64. The van der Waals surface area contributed by atoms with Crippen LogP contribution < -0.4 is 15.4 Å². The van der Waals surface area contributed by atoms with Gasteiger partial charge in [0.25, 0.3) is 5.91 Å². The Morgan fingerprint density at radius 3 is 2.70 bits per heavy atom. The van der Waals surface area contributed by atoms with E-state index >= 15 is 0 Å². The molecule has 2 N–H and O–H groups in total. The van der Waals surface area contributed by atoms with E-state index in [1.165, 1.54) is 0 Å². The van der Waals surface area contributed by atoms with Gasteiger partial charge in [0, 0.05) is 26.6 Å². The van der Waals surface area contributed by atoms with Crippen molar-refractivity contribution >= 4 is 23.6 Å². The maximum absolute atomic E-state index is 13.1. The normalized spacial score (nSPS) is 24.7. The highest BCUT2D eigenvalue weighted by molar-refractivity contribution is 5.99. The number of nitrogens with one attached hydrogen (secondary N) is 2. The van der Waals surface area contributed by atoms with Gasteiger partial charge in [-0.25, -0.2) is 0 Å². The van der Waals surface area contributed by atoms with E-state index in [-0.39, 0.29) is 37.2 Å². The van der Waals surface area contributed by atoms with Gasteiger partial charge in [0.05, 0.1) is 12.1 Å². The Balaban J connectivity index is 1.56. The molecule has 178 valence electrons. The Kier molecular flexibility index (Phi) is 7.15. The second-order valence-corrected chi connectivity index (χ2v) is 9.10. The predicted octanol–water partition coefficient (Wildman–Crippen LogP) is 0.933. The minimum Gasteiger partial charge on any atom is -0.491 e. The van der Waals surface area contributed by atoms with Gasteiger partial charge in [-0.15, -0.1) is 0 Å². The highest BCUT2D eigenvalue weighted by Gasteiger charge is 2.36. The first-order chi connectivity index (χ1) is 15.9. The molecular formula is C24H32N4O5. The van der Waals surface area contributed by atoms with E-state index in [1.54, 1.807) is 41.1 Å². The number of nitrogens with zero attached hydrogens (tertiary/aromatic N) is 2. The molecule has 0 unspecified atom stereocenters. The second kappa shape index (κ2) is 10.2. The van der Waals surface area contributed by atoms with Crippen LogP contribution in [-0.2, 0) is 14.4 Å². The zero-order valence-electron chi connectivity index (χ0n) is 19.0. The zero-order valence-corrected chi connectivity index (χ0v) is 19.0. The summed E-state index contributed by atoms with van der Waals surface area (Å²) in [6, 6.07) is 5.49.